The number of hydrogen-bond donors (Lipinski definition) is 1. The van der Waals surface area contributed by atoms with Crippen molar-refractivity contribution in [2.24, 2.45) is 17.8 Å². The zero-order chi connectivity index (χ0) is 28.6. The molecule has 0 aromatic heterocycles. The zero-order valence-electron chi connectivity index (χ0n) is 23.7. The van der Waals surface area contributed by atoms with Gasteiger partial charge in [-0.2, -0.15) is 4.31 Å². The van der Waals surface area contributed by atoms with Gasteiger partial charge in [0.15, 0.2) is 0 Å². The van der Waals surface area contributed by atoms with E-state index in [-0.39, 0.29) is 23.5 Å². The number of ether oxygens (including phenoxy) is 5. The number of methoxy groups -OCH3 is 2. The summed E-state index contributed by atoms with van der Waals surface area (Å²) in [6.45, 7) is 8.56. The molecule has 2 heterocycles. The first kappa shape index (κ1) is 31.8. The van der Waals surface area contributed by atoms with Crippen LogP contribution >= 0.6 is 7.55 Å². The highest BCUT2D eigenvalue weighted by Crippen LogP contribution is 2.29. The van der Waals surface area contributed by atoms with Crippen LogP contribution in [0.15, 0.2) is 29.2 Å². The summed E-state index contributed by atoms with van der Waals surface area (Å²) >= 11 is 0. The van der Waals surface area contributed by atoms with Gasteiger partial charge in [0.25, 0.3) is 0 Å². The molecule has 2 aliphatic heterocycles. The smallest absolute Gasteiger partial charge is 0.407 e. The average molecular weight is 588 g/mol. The number of fused-ring (bicyclic) bond motifs is 1. The lowest BCUT2D eigenvalue weighted by Gasteiger charge is -2.31. The van der Waals surface area contributed by atoms with Crippen molar-refractivity contribution in [3.8, 4) is 5.75 Å². The third-order valence-electron chi connectivity index (χ3n) is 7.02. The minimum atomic E-state index is -3.84. The second kappa shape index (κ2) is 14.8. The van der Waals surface area contributed by atoms with Gasteiger partial charge >= 0.3 is 6.09 Å². The Hall–Kier alpha value is -1.75. The summed E-state index contributed by atoms with van der Waals surface area (Å²) in [5, 5.41) is 2.96. The van der Waals surface area contributed by atoms with E-state index in [1.165, 1.54) is 30.7 Å². The van der Waals surface area contributed by atoms with E-state index in [9.17, 15) is 13.2 Å². The predicted octanol–water partition coefficient (Wildman–Crippen LogP) is 3.05. The Morgan fingerprint density at radius 1 is 1.10 bits per heavy atom. The molecule has 1 N–H and O–H groups in total. The lowest BCUT2D eigenvalue weighted by atomic mass is 9.92. The van der Waals surface area contributed by atoms with E-state index in [0.717, 1.165) is 0 Å². The summed E-state index contributed by atoms with van der Waals surface area (Å²) < 4.78 is 56.8. The number of carbonyl (C=O) groups is 1. The standard InChI is InChI=1S/C27H43N2O8PS/c1-19(2)12-29(39(31,32)24-9-7-22(33-3)8-10-24)13-26(34-4)25(18-38(5)6)28-27(30)37-23-11-20-14-35-15-21(20)16-36-17-23/h7-10,19-21,23,25-26H,5,11-18H2,1-4,6H3/p+1. The third-order valence-corrected chi connectivity index (χ3v) is 9.88. The van der Waals surface area contributed by atoms with E-state index < -0.39 is 35.8 Å². The minimum absolute atomic E-state index is 0.0603. The van der Waals surface area contributed by atoms with E-state index in [2.05, 4.69) is 11.6 Å². The second-order valence-corrected chi connectivity index (χ2v) is 14.8. The SMILES string of the molecule is C=[P+](C)CC(NC(=O)OC1COCC2COCC2C1)C(CN(CC(C)C)S(=O)(=O)c1ccc(OC)cc1)OC. The fourth-order valence-electron chi connectivity index (χ4n) is 5.00. The number of nitrogens with zero attached hydrogens (tertiary/aromatic N) is 1. The Labute approximate surface area is 234 Å². The molecule has 0 bridgehead atoms. The summed E-state index contributed by atoms with van der Waals surface area (Å²) in [6, 6.07) is 5.82. The number of carbonyl (C=O) groups excluding carboxylic acids is 1. The molecule has 220 valence electrons. The third kappa shape index (κ3) is 9.13. The highest BCUT2D eigenvalue weighted by atomic mass is 32.2. The van der Waals surface area contributed by atoms with Crippen LogP contribution in [0.5, 0.6) is 5.75 Å². The number of sulfonamides is 1. The van der Waals surface area contributed by atoms with Crippen LogP contribution in [0, 0.1) is 17.8 Å². The van der Waals surface area contributed by atoms with Crippen LogP contribution in [0.3, 0.4) is 0 Å². The minimum Gasteiger partial charge on any atom is -0.497 e. The summed E-state index contributed by atoms with van der Waals surface area (Å²) in [5.41, 5.74) is 0. The van der Waals surface area contributed by atoms with E-state index in [0.29, 0.717) is 63.1 Å². The molecule has 0 saturated carbocycles. The Bertz CT molecular complexity index is 1050. The highest BCUT2D eigenvalue weighted by Gasteiger charge is 2.37. The molecule has 1 amide bonds. The van der Waals surface area contributed by atoms with Gasteiger partial charge in [0.05, 0.1) is 64.5 Å². The van der Waals surface area contributed by atoms with Gasteiger partial charge in [-0.15, -0.1) is 0 Å². The summed E-state index contributed by atoms with van der Waals surface area (Å²) in [6.07, 6.45) is 3.81. The van der Waals surface area contributed by atoms with Crippen LogP contribution in [0.2, 0.25) is 0 Å². The summed E-state index contributed by atoms with van der Waals surface area (Å²) in [7, 11) is -1.46. The maximum Gasteiger partial charge on any atom is 0.407 e. The number of rotatable bonds is 13. The molecule has 2 saturated heterocycles. The van der Waals surface area contributed by atoms with Crippen LogP contribution in [-0.4, -0.2) is 110 Å². The highest BCUT2D eigenvalue weighted by molar-refractivity contribution is 7.89. The molecule has 2 fully saturated rings. The number of hydrogen-bond acceptors (Lipinski definition) is 8. The molecule has 1 aromatic rings. The van der Waals surface area contributed by atoms with E-state index in [1.54, 1.807) is 12.1 Å². The van der Waals surface area contributed by atoms with Crippen LogP contribution in [0.1, 0.15) is 20.3 Å². The van der Waals surface area contributed by atoms with Gasteiger partial charge in [0.1, 0.15) is 18.0 Å². The van der Waals surface area contributed by atoms with Crippen molar-refractivity contribution in [3.05, 3.63) is 24.3 Å². The Balaban J connectivity index is 1.74. The fourth-order valence-corrected chi connectivity index (χ4v) is 7.61. The van der Waals surface area contributed by atoms with E-state index in [1.807, 2.05) is 20.5 Å². The second-order valence-electron chi connectivity index (χ2n) is 10.8. The first-order valence-electron chi connectivity index (χ1n) is 13.3. The fraction of sp³-hybridized carbons (Fsp3) is 0.704. The maximum absolute atomic E-state index is 13.7. The molecule has 6 unspecified atom stereocenters. The Morgan fingerprint density at radius 3 is 2.33 bits per heavy atom. The molecule has 0 aliphatic carbocycles. The Kier molecular flexibility index (Phi) is 12.0. The molecule has 0 spiro atoms. The van der Waals surface area contributed by atoms with Crippen LogP contribution in [0.4, 0.5) is 4.79 Å². The van der Waals surface area contributed by atoms with Gasteiger partial charge in [0, 0.05) is 32.7 Å². The van der Waals surface area contributed by atoms with Crippen molar-refractivity contribution in [2.75, 3.05) is 66.6 Å². The van der Waals surface area contributed by atoms with Crippen molar-refractivity contribution < 1.29 is 36.9 Å². The van der Waals surface area contributed by atoms with Crippen molar-refractivity contribution in [2.45, 2.75) is 43.4 Å². The molecule has 2 aliphatic rings. The molecule has 10 nitrogen and oxygen atoms in total. The number of amides is 1. The monoisotopic (exact) mass is 587 g/mol. The van der Waals surface area contributed by atoms with Crippen molar-refractivity contribution in [1.82, 2.24) is 9.62 Å². The normalized spacial score (nSPS) is 23.6. The molecular weight excluding hydrogens is 543 g/mol. The van der Waals surface area contributed by atoms with Gasteiger partial charge in [-0.25, -0.2) is 13.2 Å². The van der Waals surface area contributed by atoms with Crippen LogP contribution in [-0.2, 0) is 29.0 Å². The Morgan fingerprint density at radius 2 is 1.74 bits per heavy atom. The summed E-state index contributed by atoms with van der Waals surface area (Å²) in [4.78, 5) is 13.2. The van der Waals surface area contributed by atoms with Crippen LogP contribution < -0.4 is 10.1 Å². The molecule has 39 heavy (non-hydrogen) atoms. The largest absolute Gasteiger partial charge is 0.497 e. The topological polar surface area (TPSA) is 113 Å². The molecule has 3 rings (SSSR count). The predicted molar refractivity (Wildman–Crippen MR) is 153 cm³/mol. The zero-order valence-corrected chi connectivity index (χ0v) is 25.4. The average Bonchev–Trinajstić information content (AvgIpc) is 3.23. The van der Waals surface area contributed by atoms with Gasteiger partial charge in [0.2, 0.25) is 10.0 Å². The number of alkyl carbamates (subject to hydrolysis) is 1. The summed E-state index contributed by atoms with van der Waals surface area (Å²) in [5.74, 6) is 1.29. The van der Waals surface area contributed by atoms with Crippen molar-refractivity contribution in [3.63, 3.8) is 0 Å². The number of nitrogens with one attached hydrogen (secondary N) is 1. The molecule has 12 heteroatoms. The molecule has 1 aromatic carbocycles. The first-order valence-corrected chi connectivity index (χ1v) is 16.9. The van der Waals surface area contributed by atoms with Gasteiger partial charge in [-0.1, -0.05) is 13.8 Å². The quantitative estimate of drug-likeness (QED) is 0.351. The maximum atomic E-state index is 13.7. The molecule has 6 atom stereocenters. The van der Waals surface area contributed by atoms with Gasteiger partial charge < -0.3 is 29.0 Å². The number of benzene rings is 1. The van der Waals surface area contributed by atoms with Crippen LogP contribution in [0.25, 0.3) is 0 Å². The van der Waals surface area contributed by atoms with Gasteiger partial charge in [-0.3, -0.25) is 0 Å². The first-order chi connectivity index (χ1) is 18.5. The van der Waals surface area contributed by atoms with E-state index >= 15 is 0 Å². The lowest BCUT2D eigenvalue weighted by Crippen LogP contribution is -2.52. The lowest BCUT2D eigenvalue weighted by molar-refractivity contribution is 0.0118. The van der Waals surface area contributed by atoms with Gasteiger partial charge in [-0.05, 0) is 42.5 Å². The molecule has 0 radical (unpaired) electrons. The van der Waals surface area contributed by atoms with E-state index in [4.69, 9.17) is 23.7 Å². The molecular formula is C27H44N2O8PS+. The van der Waals surface area contributed by atoms with Crippen molar-refractivity contribution in [1.29, 1.82) is 0 Å². The van der Waals surface area contributed by atoms with Crippen molar-refractivity contribution >= 4 is 30.0 Å².